The first-order valence-corrected chi connectivity index (χ1v) is 5.40. The van der Waals surface area contributed by atoms with Gasteiger partial charge in [0.25, 0.3) is 0 Å². The summed E-state index contributed by atoms with van der Waals surface area (Å²) in [5.74, 6) is 1.10. The Balaban J connectivity index is 2.50. The van der Waals surface area contributed by atoms with E-state index in [1.807, 2.05) is 18.0 Å². The van der Waals surface area contributed by atoms with Crippen molar-refractivity contribution in [2.45, 2.75) is 18.7 Å². The van der Waals surface area contributed by atoms with Gasteiger partial charge in [0.2, 0.25) is 0 Å². The fourth-order valence-electron chi connectivity index (χ4n) is 1.40. The second kappa shape index (κ2) is 3.46. The van der Waals surface area contributed by atoms with Crippen molar-refractivity contribution in [2.75, 3.05) is 5.75 Å². The highest BCUT2D eigenvalue weighted by atomic mass is 32.2. The number of hydrogen-bond donors (Lipinski definition) is 0. The van der Waals surface area contributed by atoms with Crippen LogP contribution in [-0.4, -0.2) is 5.75 Å². The average Bonchev–Trinajstić information content (AvgIpc) is 2.48. The van der Waals surface area contributed by atoms with Crippen molar-refractivity contribution < 1.29 is 4.42 Å². The zero-order valence-electron chi connectivity index (χ0n) is 7.83. The number of benzene rings is 1. The van der Waals surface area contributed by atoms with Crippen molar-refractivity contribution in [3.63, 3.8) is 0 Å². The summed E-state index contributed by atoms with van der Waals surface area (Å²) in [4.78, 5) is 1.28. The van der Waals surface area contributed by atoms with Gasteiger partial charge >= 0.3 is 0 Å². The van der Waals surface area contributed by atoms with Crippen LogP contribution in [0.4, 0.5) is 0 Å². The van der Waals surface area contributed by atoms with Gasteiger partial charge in [0, 0.05) is 10.3 Å². The average molecular weight is 192 g/mol. The predicted octanol–water partition coefficient (Wildman–Crippen LogP) is 3.85. The van der Waals surface area contributed by atoms with Crippen LogP contribution in [0.15, 0.2) is 33.8 Å². The van der Waals surface area contributed by atoms with Gasteiger partial charge in [-0.3, -0.25) is 0 Å². The minimum absolute atomic E-state index is 0.996. The first-order valence-electron chi connectivity index (χ1n) is 4.42. The van der Waals surface area contributed by atoms with Gasteiger partial charge in [0.1, 0.15) is 5.58 Å². The molecule has 0 aliphatic carbocycles. The molecule has 2 heteroatoms. The summed E-state index contributed by atoms with van der Waals surface area (Å²) in [6, 6.07) is 6.39. The SMILES string of the molecule is CCSc1ccc2c(C)coc2c1. The summed E-state index contributed by atoms with van der Waals surface area (Å²) >= 11 is 1.84. The van der Waals surface area contributed by atoms with Crippen LogP contribution in [0, 0.1) is 6.92 Å². The Hall–Kier alpha value is -0.890. The maximum Gasteiger partial charge on any atom is 0.135 e. The van der Waals surface area contributed by atoms with Crippen molar-refractivity contribution in [2.24, 2.45) is 0 Å². The van der Waals surface area contributed by atoms with Gasteiger partial charge in [-0.15, -0.1) is 11.8 Å². The van der Waals surface area contributed by atoms with Crippen LogP contribution in [0.1, 0.15) is 12.5 Å². The fourth-order valence-corrected chi connectivity index (χ4v) is 2.09. The van der Waals surface area contributed by atoms with E-state index in [4.69, 9.17) is 4.42 Å². The molecule has 1 aromatic heterocycles. The van der Waals surface area contributed by atoms with Crippen LogP contribution >= 0.6 is 11.8 Å². The second-order valence-electron chi connectivity index (χ2n) is 3.01. The molecule has 0 bridgehead atoms. The number of aryl methyl sites for hydroxylation is 1. The quantitative estimate of drug-likeness (QED) is 0.670. The lowest BCUT2D eigenvalue weighted by Gasteiger charge is -1.97. The molecule has 13 heavy (non-hydrogen) atoms. The lowest BCUT2D eigenvalue weighted by atomic mass is 10.2. The molecule has 2 aromatic rings. The molecular formula is C11H12OS. The van der Waals surface area contributed by atoms with Gasteiger partial charge in [-0.2, -0.15) is 0 Å². The Morgan fingerprint density at radius 2 is 2.23 bits per heavy atom. The molecule has 0 spiro atoms. The maximum absolute atomic E-state index is 5.42. The first kappa shape index (κ1) is 8.70. The van der Waals surface area contributed by atoms with E-state index in [1.54, 1.807) is 0 Å². The van der Waals surface area contributed by atoms with Gasteiger partial charge in [0.15, 0.2) is 0 Å². The van der Waals surface area contributed by atoms with E-state index in [-0.39, 0.29) is 0 Å². The summed E-state index contributed by atoms with van der Waals surface area (Å²) in [6.45, 7) is 4.22. The summed E-state index contributed by atoms with van der Waals surface area (Å²) in [5.41, 5.74) is 2.21. The van der Waals surface area contributed by atoms with Crippen LogP contribution in [0.25, 0.3) is 11.0 Å². The Kier molecular flexibility index (Phi) is 2.32. The Bertz CT molecular complexity index is 417. The van der Waals surface area contributed by atoms with Crippen molar-refractivity contribution in [3.8, 4) is 0 Å². The third-order valence-electron chi connectivity index (χ3n) is 2.05. The number of furan rings is 1. The third-order valence-corrected chi connectivity index (χ3v) is 2.93. The normalized spacial score (nSPS) is 10.9. The molecule has 0 amide bonds. The molecule has 68 valence electrons. The Morgan fingerprint density at radius 1 is 1.38 bits per heavy atom. The third kappa shape index (κ3) is 1.59. The highest BCUT2D eigenvalue weighted by Gasteiger charge is 2.02. The molecule has 0 saturated heterocycles. The summed E-state index contributed by atoms with van der Waals surface area (Å²) in [6.07, 6.45) is 1.81. The lowest BCUT2D eigenvalue weighted by molar-refractivity contribution is 0.612. The minimum atomic E-state index is 0.996. The summed E-state index contributed by atoms with van der Waals surface area (Å²) in [5, 5.41) is 1.22. The highest BCUT2D eigenvalue weighted by molar-refractivity contribution is 7.99. The molecule has 0 saturated carbocycles. The summed E-state index contributed by atoms with van der Waals surface area (Å²) < 4.78 is 5.42. The molecule has 2 rings (SSSR count). The molecule has 0 radical (unpaired) electrons. The molecule has 0 fully saturated rings. The fraction of sp³-hybridized carbons (Fsp3) is 0.273. The second-order valence-corrected chi connectivity index (χ2v) is 4.35. The van der Waals surface area contributed by atoms with E-state index in [0.29, 0.717) is 0 Å². The number of thioether (sulfide) groups is 1. The molecule has 0 aliphatic rings. The van der Waals surface area contributed by atoms with E-state index in [1.165, 1.54) is 15.8 Å². The topological polar surface area (TPSA) is 13.1 Å². The molecule has 1 heterocycles. The molecule has 0 unspecified atom stereocenters. The van der Waals surface area contributed by atoms with Crippen molar-refractivity contribution in [1.82, 2.24) is 0 Å². The Labute approximate surface area is 82.1 Å². The zero-order valence-corrected chi connectivity index (χ0v) is 8.65. The lowest BCUT2D eigenvalue weighted by Crippen LogP contribution is -1.73. The summed E-state index contributed by atoms with van der Waals surface area (Å²) in [7, 11) is 0. The van der Waals surface area contributed by atoms with Gasteiger partial charge < -0.3 is 4.42 Å². The Morgan fingerprint density at radius 3 is 3.00 bits per heavy atom. The smallest absolute Gasteiger partial charge is 0.135 e. The van der Waals surface area contributed by atoms with E-state index >= 15 is 0 Å². The van der Waals surface area contributed by atoms with Crippen molar-refractivity contribution in [1.29, 1.82) is 0 Å². The van der Waals surface area contributed by atoms with Crippen LogP contribution in [0.3, 0.4) is 0 Å². The number of fused-ring (bicyclic) bond motifs is 1. The van der Waals surface area contributed by atoms with Gasteiger partial charge in [-0.05, 0) is 36.4 Å². The van der Waals surface area contributed by atoms with Crippen LogP contribution < -0.4 is 0 Å². The molecule has 0 aliphatic heterocycles. The maximum atomic E-state index is 5.42. The van der Waals surface area contributed by atoms with E-state index in [9.17, 15) is 0 Å². The van der Waals surface area contributed by atoms with Crippen LogP contribution in [0.5, 0.6) is 0 Å². The van der Waals surface area contributed by atoms with E-state index in [0.717, 1.165) is 11.3 Å². The first-order chi connectivity index (χ1) is 6.31. The van der Waals surface area contributed by atoms with Crippen molar-refractivity contribution >= 4 is 22.7 Å². The largest absolute Gasteiger partial charge is 0.464 e. The van der Waals surface area contributed by atoms with Crippen LogP contribution in [0.2, 0.25) is 0 Å². The monoisotopic (exact) mass is 192 g/mol. The van der Waals surface area contributed by atoms with Crippen molar-refractivity contribution in [3.05, 3.63) is 30.0 Å². The van der Waals surface area contributed by atoms with Gasteiger partial charge in [-0.25, -0.2) is 0 Å². The molecule has 1 nitrogen and oxygen atoms in total. The minimum Gasteiger partial charge on any atom is -0.464 e. The highest BCUT2D eigenvalue weighted by Crippen LogP contribution is 2.26. The van der Waals surface area contributed by atoms with E-state index < -0.39 is 0 Å². The van der Waals surface area contributed by atoms with Gasteiger partial charge in [-0.1, -0.05) is 6.92 Å². The standard InChI is InChI=1S/C11H12OS/c1-3-13-9-4-5-10-8(2)7-12-11(10)6-9/h4-7H,3H2,1-2H3. The number of rotatable bonds is 2. The number of hydrogen-bond acceptors (Lipinski definition) is 2. The molecule has 0 atom stereocenters. The van der Waals surface area contributed by atoms with Crippen LogP contribution in [-0.2, 0) is 0 Å². The zero-order chi connectivity index (χ0) is 9.26. The molecular weight excluding hydrogens is 180 g/mol. The van der Waals surface area contributed by atoms with E-state index in [2.05, 4.69) is 32.0 Å². The predicted molar refractivity (Wildman–Crippen MR) is 57.3 cm³/mol. The molecule has 0 N–H and O–H groups in total. The van der Waals surface area contributed by atoms with Gasteiger partial charge in [0.05, 0.1) is 6.26 Å². The molecule has 1 aromatic carbocycles.